The predicted molar refractivity (Wildman–Crippen MR) is 184 cm³/mol. The minimum Gasteiger partial charge on any atom is -0.466 e. The minimum absolute atomic E-state index is 0.00484. The monoisotopic (exact) mass is 609 g/mol. The van der Waals surface area contributed by atoms with Gasteiger partial charge in [-0.1, -0.05) is 138 Å². The fourth-order valence-electron chi connectivity index (χ4n) is 6.76. The van der Waals surface area contributed by atoms with Crippen LogP contribution in [0.3, 0.4) is 0 Å². The van der Waals surface area contributed by atoms with Gasteiger partial charge in [-0.05, 0) is 68.1 Å². The van der Waals surface area contributed by atoms with E-state index in [2.05, 4.69) is 48.5 Å². The molecular weight excluding hydrogens is 532 g/mol. The summed E-state index contributed by atoms with van der Waals surface area (Å²) < 4.78 is 17.6. The number of unbranched alkanes of at least 4 members (excludes halogenated alkanes) is 10. The Bertz CT molecular complexity index is 644. The quantitative estimate of drug-likeness (QED) is 0.0687. The number of hydrogen-bond acceptors (Lipinski definition) is 4. The average molecular weight is 609 g/mol. The van der Waals surface area contributed by atoms with Crippen molar-refractivity contribution < 1.29 is 19.0 Å². The molecule has 1 unspecified atom stereocenters. The molecule has 4 nitrogen and oxygen atoms in total. The third kappa shape index (κ3) is 24.3. The largest absolute Gasteiger partial charge is 0.466 e. The van der Waals surface area contributed by atoms with Crippen molar-refractivity contribution in [1.29, 1.82) is 0 Å². The van der Waals surface area contributed by atoms with Crippen LogP contribution < -0.4 is 0 Å². The van der Waals surface area contributed by atoms with Crippen molar-refractivity contribution in [1.82, 2.24) is 0 Å². The molecule has 256 valence electrons. The molecular formula is C39H76O4. The summed E-state index contributed by atoms with van der Waals surface area (Å²) >= 11 is 0. The number of carbonyl (C=O) groups is 1. The Labute approximate surface area is 269 Å². The van der Waals surface area contributed by atoms with Crippen LogP contribution in [0.5, 0.6) is 0 Å². The minimum atomic E-state index is 0.00484. The third-order valence-electron chi connectivity index (χ3n) is 9.41. The zero-order valence-corrected chi connectivity index (χ0v) is 30.2. The van der Waals surface area contributed by atoms with Crippen molar-refractivity contribution in [2.45, 2.75) is 202 Å². The highest BCUT2D eigenvalue weighted by molar-refractivity contribution is 5.69. The molecule has 43 heavy (non-hydrogen) atoms. The van der Waals surface area contributed by atoms with Gasteiger partial charge in [-0.2, -0.15) is 0 Å². The van der Waals surface area contributed by atoms with Crippen LogP contribution in [0.1, 0.15) is 196 Å². The Kier molecular flexibility index (Phi) is 23.1. The van der Waals surface area contributed by atoms with Gasteiger partial charge in [-0.15, -0.1) is 0 Å². The van der Waals surface area contributed by atoms with Crippen LogP contribution in [0, 0.1) is 22.7 Å². The molecule has 1 saturated heterocycles. The molecule has 0 aromatic carbocycles. The van der Waals surface area contributed by atoms with E-state index < -0.39 is 0 Å². The average Bonchev–Trinajstić information content (AvgIpc) is 2.94. The van der Waals surface area contributed by atoms with E-state index in [1.54, 1.807) is 0 Å². The number of carbonyl (C=O) groups excluding carboxylic acids is 1. The second kappa shape index (κ2) is 24.6. The molecule has 4 heteroatoms. The Hall–Kier alpha value is -0.610. The highest BCUT2D eigenvalue weighted by atomic mass is 16.7. The van der Waals surface area contributed by atoms with E-state index in [1.165, 1.54) is 116 Å². The van der Waals surface area contributed by atoms with Crippen molar-refractivity contribution in [3.8, 4) is 0 Å². The summed E-state index contributed by atoms with van der Waals surface area (Å²) in [5.41, 5.74) is 0.829. The summed E-state index contributed by atoms with van der Waals surface area (Å²) in [6.07, 6.45) is 27.9. The van der Waals surface area contributed by atoms with E-state index in [9.17, 15) is 4.79 Å². The molecule has 0 saturated carbocycles. The van der Waals surface area contributed by atoms with Gasteiger partial charge in [0, 0.05) is 12.3 Å². The van der Waals surface area contributed by atoms with Gasteiger partial charge in [0.05, 0.1) is 19.8 Å². The SMILES string of the molecule is CCCCCCC1COC(CCCCC(C)(C)CC(CCC)CCCCCC(=O)OCCCCCCCC(C)(C)C)OC1. The van der Waals surface area contributed by atoms with Crippen LogP contribution in [-0.2, 0) is 19.0 Å². The highest BCUT2D eigenvalue weighted by Gasteiger charge is 2.24. The lowest BCUT2D eigenvalue weighted by Gasteiger charge is -2.31. The van der Waals surface area contributed by atoms with Crippen LogP contribution >= 0.6 is 0 Å². The molecule has 1 aliphatic heterocycles. The van der Waals surface area contributed by atoms with Gasteiger partial charge in [0.2, 0.25) is 0 Å². The van der Waals surface area contributed by atoms with Gasteiger partial charge in [-0.3, -0.25) is 4.79 Å². The summed E-state index contributed by atoms with van der Waals surface area (Å²) in [4.78, 5) is 12.1. The van der Waals surface area contributed by atoms with E-state index in [0.29, 0.717) is 29.8 Å². The first-order valence-corrected chi connectivity index (χ1v) is 18.9. The zero-order valence-electron chi connectivity index (χ0n) is 30.2. The molecule has 0 bridgehead atoms. The summed E-state index contributed by atoms with van der Waals surface area (Å²) in [5.74, 6) is 1.41. The number of esters is 1. The molecule has 0 spiro atoms. The highest BCUT2D eigenvalue weighted by Crippen LogP contribution is 2.36. The van der Waals surface area contributed by atoms with Crippen molar-refractivity contribution in [3.05, 3.63) is 0 Å². The first-order chi connectivity index (χ1) is 20.5. The van der Waals surface area contributed by atoms with Gasteiger partial charge in [0.15, 0.2) is 6.29 Å². The lowest BCUT2D eigenvalue weighted by Crippen LogP contribution is -2.32. The van der Waals surface area contributed by atoms with Crippen LogP contribution in [0.25, 0.3) is 0 Å². The number of hydrogen-bond donors (Lipinski definition) is 0. The van der Waals surface area contributed by atoms with Crippen molar-refractivity contribution in [2.75, 3.05) is 19.8 Å². The first-order valence-electron chi connectivity index (χ1n) is 18.9. The standard InChI is InChI=1S/C39H76O4/c1-8-10-11-16-25-35-32-42-37(43-33-35)27-19-21-29-39(6,7)31-34(23-9-2)24-17-15-18-26-36(40)41-30-22-14-12-13-20-28-38(3,4)5/h34-35,37H,8-33H2,1-7H3. The molecule has 1 fully saturated rings. The van der Waals surface area contributed by atoms with Crippen molar-refractivity contribution >= 4 is 5.97 Å². The summed E-state index contributed by atoms with van der Waals surface area (Å²) in [7, 11) is 0. The van der Waals surface area contributed by atoms with Crippen LogP contribution in [0.15, 0.2) is 0 Å². The normalized spacial score (nSPS) is 18.6. The molecule has 1 atom stereocenters. The molecule has 0 aromatic rings. The molecule has 0 aliphatic carbocycles. The van der Waals surface area contributed by atoms with E-state index in [1.807, 2.05) is 0 Å². The first kappa shape index (κ1) is 40.4. The smallest absolute Gasteiger partial charge is 0.305 e. The van der Waals surface area contributed by atoms with E-state index in [-0.39, 0.29) is 12.3 Å². The Morgan fingerprint density at radius 1 is 0.698 bits per heavy atom. The van der Waals surface area contributed by atoms with E-state index in [4.69, 9.17) is 14.2 Å². The van der Waals surface area contributed by atoms with Gasteiger partial charge < -0.3 is 14.2 Å². The molecule has 1 rings (SSSR count). The van der Waals surface area contributed by atoms with Crippen molar-refractivity contribution in [2.24, 2.45) is 22.7 Å². The summed E-state index contributed by atoms with van der Waals surface area (Å²) in [5, 5.41) is 0. The van der Waals surface area contributed by atoms with E-state index >= 15 is 0 Å². The van der Waals surface area contributed by atoms with Gasteiger partial charge in [0.25, 0.3) is 0 Å². The molecule has 1 aliphatic rings. The lowest BCUT2D eigenvalue weighted by atomic mass is 9.76. The number of rotatable bonds is 27. The second-order valence-electron chi connectivity index (χ2n) is 16.0. The Morgan fingerprint density at radius 3 is 2.02 bits per heavy atom. The Balaban J connectivity index is 2.08. The van der Waals surface area contributed by atoms with Crippen LogP contribution in [-0.4, -0.2) is 32.1 Å². The van der Waals surface area contributed by atoms with Crippen molar-refractivity contribution in [3.63, 3.8) is 0 Å². The van der Waals surface area contributed by atoms with Crippen LogP contribution in [0.4, 0.5) is 0 Å². The lowest BCUT2D eigenvalue weighted by molar-refractivity contribution is -0.204. The van der Waals surface area contributed by atoms with Gasteiger partial charge in [0.1, 0.15) is 0 Å². The van der Waals surface area contributed by atoms with Gasteiger partial charge >= 0.3 is 5.97 Å². The summed E-state index contributed by atoms with van der Waals surface area (Å²) in [6, 6.07) is 0. The van der Waals surface area contributed by atoms with Gasteiger partial charge in [-0.25, -0.2) is 0 Å². The topological polar surface area (TPSA) is 44.8 Å². The molecule has 0 radical (unpaired) electrons. The maximum absolute atomic E-state index is 12.1. The maximum atomic E-state index is 12.1. The fourth-order valence-corrected chi connectivity index (χ4v) is 6.76. The summed E-state index contributed by atoms with van der Waals surface area (Å²) in [6.45, 7) is 18.8. The number of ether oxygens (including phenoxy) is 3. The maximum Gasteiger partial charge on any atom is 0.305 e. The third-order valence-corrected chi connectivity index (χ3v) is 9.41. The second-order valence-corrected chi connectivity index (χ2v) is 16.0. The molecule has 0 amide bonds. The predicted octanol–water partition coefficient (Wildman–Crippen LogP) is 12.2. The van der Waals surface area contributed by atoms with Crippen LogP contribution in [0.2, 0.25) is 0 Å². The van der Waals surface area contributed by atoms with E-state index in [0.717, 1.165) is 44.8 Å². The molecule has 0 aromatic heterocycles. The fraction of sp³-hybridized carbons (Fsp3) is 0.974. The molecule has 0 N–H and O–H groups in total. The Morgan fingerprint density at radius 2 is 1.33 bits per heavy atom. The zero-order chi connectivity index (χ0) is 31.8. The molecule has 1 heterocycles.